The summed E-state index contributed by atoms with van der Waals surface area (Å²) in [6.07, 6.45) is 0. The van der Waals surface area contributed by atoms with Gasteiger partial charge >= 0.3 is 0 Å². The molecule has 0 unspecified atom stereocenters. The first-order valence-corrected chi connectivity index (χ1v) is 10.6. The molecular formula is C21H23ClN4O2S. The highest BCUT2D eigenvalue weighted by Crippen LogP contribution is 2.31. The molecule has 0 bridgehead atoms. The minimum atomic E-state index is 0.0422. The molecule has 1 heterocycles. The number of carbonyl (C=O) groups excluding carboxylic acids is 1. The Labute approximate surface area is 179 Å². The molecule has 0 radical (unpaired) electrons. The Hall–Kier alpha value is -2.51. The van der Waals surface area contributed by atoms with E-state index in [-0.39, 0.29) is 17.7 Å². The summed E-state index contributed by atoms with van der Waals surface area (Å²) >= 11 is 7.39. The number of H-pyrrole nitrogens is 1. The van der Waals surface area contributed by atoms with Crippen molar-refractivity contribution in [3.63, 3.8) is 0 Å². The number of nitrogens with one attached hydrogen (secondary N) is 1. The van der Waals surface area contributed by atoms with Crippen molar-refractivity contribution in [1.82, 2.24) is 20.1 Å². The van der Waals surface area contributed by atoms with Gasteiger partial charge in [0, 0.05) is 17.6 Å². The summed E-state index contributed by atoms with van der Waals surface area (Å²) in [6, 6.07) is 15.4. The summed E-state index contributed by atoms with van der Waals surface area (Å²) in [5.74, 6) is 1.49. The van der Waals surface area contributed by atoms with Crippen LogP contribution in [0.1, 0.15) is 19.4 Å². The van der Waals surface area contributed by atoms with E-state index < -0.39 is 0 Å². The fraction of sp³-hybridized carbons (Fsp3) is 0.286. The summed E-state index contributed by atoms with van der Waals surface area (Å²) < 4.78 is 5.36. The molecule has 0 saturated heterocycles. The summed E-state index contributed by atoms with van der Waals surface area (Å²) in [5.41, 5.74) is 1.83. The van der Waals surface area contributed by atoms with E-state index >= 15 is 0 Å². The van der Waals surface area contributed by atoms with Crippen LogP contribution in [0.15, 0.2) is 53.7 Å². The summed E-state index contributed by atoms with van der Waals surface area (Å²) in [4.78, 5) is 19.1. The molecule has 0 atom stereocenters. The van der Waals surface area contributed by atoms with E-state index in [0.29, 0.717) is 28.3 Å². The molecule has 0 spiro atoms. The maximum atomic E-state index is 12.8. The first-order chi connectivity index (χ1) is 14.0. The molecule has 1 N–H and O–H groups in total. The Kier molecular flexibility index (Phi) is 7.17. The number of hydrogen-bond donors (Lipinski definition) is 1. The number of amides is 1. The third-order valence-electron chi connectivity index (χ3n) is 4.35. The second-order valence-corrected chi connectivity index (χ2v) is 8.08. The highest BCUT2D eigenvalue weighted by molar-refractivity contribution is 7.99. The van der Waals surface area contributed by atoms with Crippen molar-refractivity contribution >= 4 is 29.3 Å². The van der Waals surface area contributed by atoms with Gasteiger partial charge in [0.15, 0.2) is 5.82 Å². The van der Waals surface area contributed by atoms with Gasteiger partial charge in [0.2, 0.25) is 11.1 Å². The fourth-order valence-electron chi connectivity index (χ4n) is 2.84. The molecule has 152 valence electrons. The third kappa shape index (κ3) is 5.52. The van der Waals surface area contributed by atoms with Crippen LogP contribution in [0.2, 0.25) is 5.02 Å². The van der Waals surface area contributed by atoms with Gasteiger partial charge in [0.25, 0.3) is 0 Å². The predicted octanol–water partition coefficient (Wildman–Crippen LogP) is 4.66. The molecule has 0 aliphatic carbocycles. The third-order valence-corrected chi connectivity index (χ3v) is 5.41. The maximum absolute atomic E-state index is 12.8. The Bertz CT molecular complexity index is 962. The Balaban J connectivity index is 1.67. The number of nitrogens with zero attached hydrogens (tertiary/aromatic N) is 3. The molecule has 3 aromatic rings. The molecule has 3 rings (SSSR count). The fourth-order valence-corrected chi connectivity index (χ4v) is 3.70. The Morgan fingerprint density at radius 2 is 2.00 bits per heavy atom. The van der Waals surface area contributed by atoms with Crippen LogP contribution in [0.25, 0.3) is 11.4 Å². The van der Waals surface area contributed by atoms with E-state index in [1.54, 1.807) is 25.3 Å². The zero-order valence-corrected chi connectivity index (χ0v) is 18.1. The second-order valence-electron chi connectivity index (χ2n) is 6.70. The number of rotatable bonds is 8. The first-order valence-electron chi connectivity index (χ1n) is 9.20. The lowest BCUT2D eigenvalue weighted by atomic mass is 10.2. The summed E-state index contributed by atoms with van der Waals surface area (Å²) in [7, 11) is 1.59. The molecule has 8 heteroatoms. The van der Waals surface area contributed by atoms with Gasteiger partial charge < -0.3 is 9.64 Å². The molecular weight excluding hydrogens is 408 g/mol. The van der Waals surface area contributed by atoms with Crippen molar-refractivity contribution in [3.05, 3.63) is 59.1 Å². The average molecular weight is 431 g/mol. The molecule has 0 fully saturated rings. The highest BCUT2D eigenvalue weighted by Gasteiger charge is 2.19. The Morgan fingerprint density at radius 3 is 2.69 bits per heavy atom. The lowest BCUT2D eigenvalue weighted by Gasteiger charge is -2.26. The summed E-state index contributed by atoms with van der Waals surface area (Å²) in [6.45, 7) is 4.61. The number of ether oxygens (including phenoxy) is 1. The van der Waals surface area contributed by atoms with Crippen LogP contribution in [0.3, 0.4) is 0 Å². The van der Waals surface area contributed by atoms with Gasteiger partial charge in [-0.1, -0.05) is 53.7 Å². The number of hydrogen-bond acceptors (Lipinski definition) is 5. The van der Waals surface area contributed by atoms with Crippen molar-refractivity contribution in [2.45, 2.75) is 31.6 Å². The quantitative estimate of drug-likeness (QED) is 0.526. The zero-order chi connectivity index (χ0) is 20.8. The van der Waals surface area contributed by atoms with E-state index in [2.05, 4.69) is 15.2 Å². The molecule has 0 aliphatic rings. The van der Waals surface area contributed by atoms with E-state index in [9.17, 15) is 4.79 Å². The normalized spacial score (nSPS) is 10.9. The van der Waals surface area contributed by atoms with Gasteiger partial charge in [-0.3, -0.25) is 9.89 Å². The van der Waals surface area contributed by atoms with Crippen LogP contribution in [0.4, 0.5) is 0 Å². The number of aromatic nitrogens is 3. The Morgan fingerprint density at radius 1 is 1.24 bits per heavy atom. The zero-order valence-electron chi connectivity index (χ0n) is 16.6. The van der Waals surface area contributed by atoms with Gasteiger partial charge in [0.1, 0.15) is 5.75 Å². The number of thioether (sulfide) groups is 1. The number of aromatic amines is 1. The smallest absolute Gasteiger partial charge is 0.233 e. The molecule has 1 aromatic heterocycles. The van der Waals surface area contributed by atoms with E-state index in [1.807, 2.05) is 49.1 Å². The predicted molar refractivity (Wildman–Crippen MR) is 116 cm³/mol. The van der Waals surface area contributed by atoms with Crippen LogP contribution < -0.4 is 4.74 Å². The molecule has 6 nitrogen and oxygen atoms in total. The maximum Gasteiger partial charge on any atom is 0.233 e. The number of carbonyl (C=O) groups is 1. The monoisotopic (exact) mass is 430 g/mol. The van der Waals surface area contributed by atoms with Crippen molar-refractivity contribution in [2.24, 2.45) is 0 Å². The number of halogens is 1. The number of benzene rings is 2. The van der Waals surface area contributed by atoms with E-state index in [0.717, 1.165) is 11.1 Å². The molecule has 0 aliphatic heterocycles. The largest absolute Gasteiger partial charge is 0.496 e. The first kappa shape index (κ1) is 21.2. The van der Waals surface area contributed by atoms with Gasteiger partial charge in [-0.15, -0.1) is 5.10 Å². The molecule has 1 amide bonds. The average Bonchev–Trinajstić information content (AvgIpc) is 3.19. The lowest BCUT2D eigenvalue weighted by Crippen LogP contribution is -2.37. The standard InChI is InChI=1S/C21H23ClN4O2S/c1-14(2)26(12-15-7-5-4-6-8-15)19(27)13-29-21-23-20(24-25-21)17-11-16(22)9-10-18(17)28-3/h4-11,14H,12-13H2,1-3H3,(H,23,24,25). The van der Waals surface area contributed by atoms with Gasteiger partial charge in [0.05, 0.1) is 18.4 Å². The van der Waals surface area contributed by atoms with Crippen molar-refractivity contribution < 1.29 is 9.53 Å². The van der Waals surface area contributed by atoms with Crippen LogP contribution in [0.5, 0.6) is 5.75 Å². The number of methoxy groups -OCH3 is 1. The van der Waals surface area contributed by atoms with E-state index in [4.69, 9.17) is 16.3 Å². The van der Waals surface area contributed by atoms with Crippen LogP contribution in [-0.2, 0) is 11.3 Å². The minimum absolute atomic E-state index is 0.0422. The van der Waals surface area contributed by atoms with Crippen LogP contribution in [0, 0.1) is 0 Å². The van der Waals surface area contributed by atoms with Crippen molar-refractivity contribution in [3.8, 4) is 17.1 Å². The topological polar surface area (TPSA) is 71.1 Å². The molecule has 29 heavy (non-hydrogen) atoms. The second kappa shape index (κ2) is 9.80. The highest BCUT2D eigenvalue weighted by atomic mass is 35.5. The molecule has 2 aromatic carbocycles. The van der Waals surface area contributed by atoms with Gasteiger partial charge in [-0.05, 0) is 37.6 Å². The lowest BCUT2D eigenvalue weighted by molar-refractivity contribution is -0.130. The van der Waals surface area contributed by atoms with Gasteiger partial charge in [-0.25, -0.2) is 4.98 Å². The SMILES string of the molecule is COc1ccc(Cl)cc1-c1nc(SCC(=O)N(Cc2ccccc2)C(C)C)n[nH]1. The van der Waals surface area contributed by atoms with Crippen LogP contribution in [-0.4, -0.2) is 44.9 Å². The van der Waals surface area contributed by atoms with Crippen LogP contribution >= 0.6 is 23.4 Å². The molecule has 0 saturated carbocycles. The minimum Gasteiger partial charge on any atom is -0.496 e. The van der Waals surface area contributed by atoms with Gasteiger partial charge in [-0.2, -0.15) is 0 Å². The van der Waals surface area contributed by atoms with E-state index in [1.165, 1.54) is 11.8 Å². The van der Waals surface area contributed by atoms with Crippen molar-refractivity contribution in [1.29, 1.82) is 0 Å². The summed E-state index contributed by atoms with van der Waals surface area (Å²) in [5, 5.41) is 8.19. The van der Waals surface area contributed by atoms with Crippen molar-refractivity contribution in [2.75, 3.05) is 12.9 Å².